The predicted molar refractivity (Wildman–Crippen MR) is 143 cm³/mol. The monoisotopic (exact) mass is 536 g/mol. The zero-order chi connectivity index (χ0) is 25.7. The largest absolute Gasteiger partial charge is 0.383 e. The number of nitrogen functional groups attached to an aromatic ring is 1. The maximum Gasteiger partial charge on any atom is 0.175 e. The number of rotatable bonds is 5. The Bertz CT molecular complexity index is 1720. The Morgan fingerprint density at radius 1 is 1.11 bits per heavy atom. The Labute approximate surface area is 216 Å². The average Bonchev–Trinajstić information content (AvgIpc) is 3.51. The number of anilines is 1. The zero-order valence-electron chi connectivity index (χ0n) is 19.9. The van der Waals surface area contributed by atoms with Crippen molar-refractivity contribution in [3.63, 3.8) is 0 Å². The standard InChI is InChI=1S/C25H24N6O4S2/c1-37(33,34)16-7-5-15(6-8-16)22(32)21-13-19-23(36-21)25(30-9-11-35-12-10-30)29-24(28-19)17-3-2-4-20-18(17)14-27-31(20)26/h2-8,13-14,22,32H,9-12,26H2,1H3. The number of morpholine rings is 1. The molecule has 10 nitrogen and oxygen atoms in total. The number of aliphatic hydroxyl groups excluding tert-OH is 1. The van der Waals surface area contributed by atoms with Gasteiger partial charge in [0.05, 0.1) is 40.0 Å². The topological polar surface area (TPSA) is 136 Å². The molecule has 3 N–H and O–H groups in total. The number of hydrogen-bond donors (Lipinski definition) is 2. The van der Waals surface area contributed by atoms with E-state index >= 15 is 0 Å². The maximum atomic E-state index is 11.8. The van der Waals surface area contributed by atoms with Gasteiger partial charge in [-0.05, 0) is 29.8 Å². The Kier molecular flexibility index (Phi) is 5.83. The molecule has 6 rings (SSSR count). The van der Waals surface area contributed by atoms with Crippen molar-refractivity contribution in [2.75, 3.05) is 43.3 Å². The summed E-state index contributed by atoms with van der Waals surface area (Å²) < 4.78 is 30.1. The van der Waals surface area contributed by atoms with Crippen LogP contribution < -0.4 is 10.7 Å². The lowest BCUT2D eigenvalue weighted by molar-refractivity contribution is 0.122. The minimum atomic E-state index is -3.32. The van der Waals surface area contributed by atoms with Crippen LogP contribution >= 0.6 is 11.3 Å². The molecule has 1 fully saturated rings. The number of aromatic nitrogens is 4. The Hall–Kier alpha value is -3.58. The maximum absolute atomic E-state index is 11.8. The van der Waals surface area contributed by atoms with Crippen LogP contribution in [0.3, 0.4) is 0 Å². The third-order valence-corrected chi connectivity index (χ3v) is 8.76. The van der Waals surface area contributed by atoms with Gasteiger partial charge in [0.25, 0.3) is 0 Å². The summed E-state index contributed by atoms with van der Waals surface area (Å²) in [6, 6.07) is 13.9. The minimum Gasteiger partial charge on any atom is -0.383 e. The van der Waals surface area contributed by atoms with Gasteiger partial charge in [0.15, 0.2) is 21.5 Å². The van der Waals surface area contributed by atoms with Crippen molar-refractivity contribution in [3.05, 3.63) is 65.2 Å². The number of nitrogens with two attached hydrogens (primary N) is 1. The van der Waals surface area contributed by atoms with Crippen LogP contribution in [0.2, 0.25) is 0 Å². The number of sulfone groups is 1. The second-order valence-corrected chi connectivity index (χ2v) is 12.0. The van der Waals surface area contributed by atoms with E-state index in [2.05, 4.69) is 10.00 Å². The molecule has 0 spiro atoms. The van der Waals surface area contributed by atoms with E-state index in [0.717, 1.165) is 38.8 Å². The highest BCUT2D eigenvalue weighted by molar-refractivity contribution is 7.90. The highest BCUT2D eigenvalue weighted by Gasteiger charge is 2.23. The summed E-state index contributed by atoms with van der Waals surface area (Å²) in [6.45, 7) is 2.59. The molecule has 1 aliphatic rings. The van der Waals surface area contributed by atoms with Gasteiger partial charge in [-0.2, -0.15) is 9.89 Å². The van der Waals surface area contributed by atoms with E-state index < -0.39 is 15.9 Å². The molecule has 5 aromatic rings. The third-order valence-electron chi connectivity index (χ3n) is 6.46. The zero-order valence-corrected chi connectivity index (χ0v) is 21.5. The van der Waals surface area contributed by atoms with Gasteiger partial charge in [-0.1, -0.05) is 24.3 Å². The molecule has 1 saturated heterocycles. The lowest BCUT2D eigenvalue weighted by Crippen LogP contribution is -2.36. The van der Waals surface area contributed by atoms with Crippen LogP contribution in [0.1, 0.15) is 16.5 Å². The number of fused-ring (bicyclic) bond motifs is 2. The molecule has 0 radical (unpaired) electrons. The number of ether oxygens (including phenoxy) is 1. The van der Waals surface area contributed by atoms with Crippen LogP contribution in [0.25, 0.3) is 32.5 Å². The van der Waals surface area contributed by atoms with E-state index in [0.29, 0.717) is 42.6 Å². The second kappa shape index (κ2) is 9.06. The summed E-state index contributed by atoms with van der Waals surface area (Å²) in [5, 5.41) is 16.2. The van der Waals surface area contributed by atoms with E-state index in [1.165, 1.54) is 28.3 Å². The van der Waals surface area contributed by atoms with Crippen molar-refractivity contribution in [1.29, 1.82) is 0 Å². The van der Waals surface area contributed by atoms with Crippen molar-refractivity contribution in [1.82, 2.24) is 19.9 Å². The normalized spacial score (nSPS) is 15.5. The molecule has 37 heavy (non-hydrogen) atoms. The number of hydrogen-bond acceptors (Lipinski definition) is 10. The van der Waals surface area contributed by atoms with Gasteiger partial charge in [0.1, 0.15) is 6.10 Å². The molecular formula is C25H24N6O4S2. The number of nitrogens with zero attached hydrogens (tertiary/aromatic N) is 5. The summed E-state index contributed by atoms with van der Waals surface area (Å²) in [5.41, 5.74) is 2.90. The fourth-order valence-corrected chi connectivity index (χ4v) is 6.26. The first-order valence-corrected chi connectivity index (χ1v) is 14.3. The molecule has 4 heterocycles. The summed E-state index contributed by atoms with van der Waals surface area (Å²) in [4.78, 5) is 14.3. The van der Waals surface area contributed by atoms with Crippen molar-refractivity contribution in [2.24, 2.45) is 0 Å². The fourth-order valence-electron chi connectivity index (χ4n) is 4.51. The quantitative estimate of drug-likeness (QED) is 0.325. The lowest BCUT2D eigenvalue weighted by Gasteiger charge is -2.28. The van der Waals surface area contributed by atoms with Crippen molar-refractivity contribution >= 4 is 48.1 Å². The van der Waals surface area contributed by atoms with Gasteiger partial charge in [-0.25, -0.2) is 18.4 Å². The van der Waals surface area contributed by atoms with E-state index in [-0.39, 0.29) is 4.90 Å². The molecule has 3 aromatic heterocycles. The molecule has 2 aromatic carbocycles. The highest BCUT2D eigenvalue weighted by atomic mass is 32.2. The second-order valence-electron chi connectivity index (χ2n) is 8.90. The molecule has 1 unspecified atom stereocenters. The summed E-state index contributed by atoms with van der Waals surface area (Å²) >= 11 is 1.43. The van der Waals surface area contributed by atoms with Crippen LogP contribution in [0.5, 0.6) is 0 Å². The summed E-state index contributed by atoms with van der Waals surface area (Å²) in [6.07, 6.45) is 1.93. The van der Waals surface area contributed by atoms with Crippen molar-refractivity contribution in [2.45, 2.75) is 11.0 Å². The molecule has 190 valence electrons. The van der Waals surface area contributed by atoms with E-state index in [1.54, 1.807) is 18.3 Å². The molecule has 0 amide bonds. The van der Waals surface area contributed by atoms with Crippen molar-refractivity contribution < 1.29 is 18.3 Å². The first-order chi connectivity index (χ1) is 17.8. The van der Waals surface area contributed by atoms with Crippen molar-refractivity contribution in [3.8, 4) is 11.4 Å². The van der Waals surface area contributed by atoms with E-state index in [9.17, 15) is 13.5 Å². The number of benzene rings is 2. The van der Waals surface area contributed by atoms with Gasteiger partial charge in [0, 0.05) is 35.2 Å². The van der Waals surface area contributed by atoms with Gasteiger partial charge in [0.2, 0.25) is 0 Å². The number of aliphatic hydroxyl groups is 1. The van der Waals surface area contributed by atoms with Gasteiger partial charge in [-0.3, -0.25) is 0 Å². The summed E-state index contributed by atoms with van der Waals surface area (Å²) in [7, 11) is -3.32. The average molecular weight is 537 g/mol. The van der Waals surface area contributed by atoms with E-state index in [4.69, 9.17) is 20.5 Å². The molecule has 0 saturated carbocycles. The molecule has 1 aliphatic heterocycles. The van der Waals surface area contributed by atoms with Crippen LogP contribution in [-0.2, 0) is 14.6 Å². The number of thiophene rings is 1. The highest BCUT2D eigenvalue weighted by Crippen LogP contribution is 2.39. The van der Waals surface area contributed by atoms with Gasteiger partial charge in [-0.15, -0.1) is 11.3 Å². The smallest absolute Gasteiger partial charge is 0.175 e. The summed E-state index contributed by atoms with van der Waals surface area (Å²) in [5.74, 6) is 7.30. The van der Waals surface area contributed by atoms with Crippen LogP contribution in [-0.4, -0.2) is 65.9 Å². The SMILES string of the molecule is CS(=O)(=O)c1ccc(C(O)c2cc3nc(-c4cccc5c4cnn5N)nc(N4CCOCC4)c3s2)cc1. The predicted octanol–water partition coefficient (Wildman–Crippen LogP) is 2.74. The van der Waals surface area contributed by atoms with Crippen LogP contribution in [0, 0.1) is 0 Å². The lowest BCUT2D eigenvalue weighted by atomic mass is 10.1. The first kappa shape index (κ1) is 23.8. The molecule has 0 bridgehead atoms. The Morgan fingerprint density at radius 2 is 1.86 bits per heavy atom. The Balaban J connectivity index is 1.48. The molecule has 1 atom stereocenters. The van der Waals surface area contributed by atoms with Gasteiger partial charge < -0.3 is 20.6 Å². The Morgan fingerprint density at radius 3 is 2.59 bits per heavy atom. The third kappa shape index (κ3) is 4.31. The van der Waals surface area contributed by atoms with Crippen LogP contribution in [0.15, 0.2) is 59.6 Å². The molecular weight excluding hydrogens is 512 g/mol. The van der Waals surface area contributed by atoms with E-state index in [1.807, 2.05) is 24.3 Å². The molecule has 12 heteroatoms. The van der Waals surface area contributed by atoms with Crippen LogP contribution in [0.4, 0.5) is 5.82 Å². The first-order valence-electron chi connectivity index (χ1n) is 11.6. The minimum absolute atomic E-state index is 0.208. The molecule has 0 aliphatic carbocycles. The van der Waals surface area contributed by atoms with Gasteiger partial charge >= 0.3 is 0 Å². The fraction of sp³-hybridized carbons (Fsp3) is 0.240.